The van der Waals surface area contributed by atoms with Gasteiger partial charge in [0.15, 0.2) is 0 Å². The van der Waals surface area contributed by atoms with Crippen molar-refractivity contribution in [2.24, 2.45) is 5.92 Å². The van der Waals surface area contributed by atoms with Crippen molar-refractivity contribution < 1.29 is 14.7 Å². The number of carbonyl (C=O) groups excluding carboxylic acids is 1. The highest BCUT2D eigenvalue weighted by atomic mass is 16.4. The maximum absolute atomic E-state index is 12.4. The summed E-state index contributed by atoms with van der Waals surface area (Å²) in [5.74, 6) is -0.390. The first-order valence-electron chi connectivity index (χ1n) is 7.30. The zero-order valence-electron chi connectivity index (χ0n) is 11.8. The van der Waals surface area contributed by atoms with Crippen molar-refractivity contribution in [3.05, 3.63) is 0 Å². The van der Waals surface area contributed by atoms with Gasteiger partial charge in [0.05, 0.1) is 6.04 Å². The molecule has 2 rings (SSSR count). The van der Waals surface area contributed by atoms with E-state index in [1.54, 1.807) is 14.0 Å². The predicted octanol–water partition coefficient (Wildman–Crippen LogP) is 1.23. The van der Waals surface area contributed by atoms with Crippen LogP contribution in [0.2, 0.25) is 0 Å². The molecule has 0 aromatic rings. The smallest absolute Gasteiger partial charge is 0.326 e. The van der Waals surface area contributed by atoms with Crippen LogP contribution in [0.1, 0.15) is 45.4 Å². The number of likely N-dealkylation sites (N-methyl/N-ethyl adjacent to an activating group) is 1. The summed E-state index contributed by atoms with van der Waals surface area (Å²) < 4.78 is 0. The second kappa shape index (κ2) is 5.90. The molecule has 1 heterocycles. The Labute approximate surface area is 114 Å². The Balaban J connectivity index is 1.98. The molecule has 0 bridgehead atoms. The van der Waals surface area contributed by atoms with E-state index in [0.29, 0.717) is 18.4 Å². The highest BCUT2D eigenvalue weighted by molar-refractivity contribution is 5.87. The van der Waals surface area contributed by atoms with Crippen molar-refractivity contribution in [1.29, 1.82) is 0 Å². The van der Waals surface area contributed by atoms with Gasteiger partial charge in [-0.25, -0.2) is 4.79 Å². The summed E-state index contributed by atoms with van der Waals surface area (Å²) in [7, 11) is 1.61. The molecule has 1 saturated heterocycles. The third kappa shape index (κ3) is 2.91. The number of carboxylic acid groups (broad SMARTS) is 1. The minimum atomic E-state index is -0.922. The van der Waals surface area contributed by atoms with E-state index in [1.807, 2.05) is 0 Å². The molecule has 2 N–H and O–H groups in total. The summed E-state index contributed by atoms with van der Waals surface area (Å²) in [4.78, 5) is 24.9. The van der Waals surface area contributed by atoms with Crippen LogP contribution in [0.3, 0.4) is 0 Å². The van der Waals surface area contributed by atoms with Gasteiger partial charge in [-0.1, -0.05) is 19.8 Å². The van der Waals surface area contributed by atoms with Gasteiger partial charge >= 0.3 is 5.97 Å². The highest BCUT2D eigenvalue weighted by Crippen LogP contribution is 2.33. The normalized spacial score (nSPS) is 31.6. The molecular weight excluding hydrogens is 244 g/mol. The van der Waals surface area contributed by atoms with Crippen LogP contribution in [0, 0.1) is 5.92 Å². The molecule has 4 unspecified atom stereocenters. The Kier molecular flexibility index (Phi) is 4.45. The van der Waals surface area contributed by atoms with Crippen LogP contribution in [-0.4, -0.2) is 47.1 Å². The summed E-state index contributed by atoms with van der Waals surface area (Å²) >= 11 is 0. The standard InChI is InChI=1S/C14H24N2O3/c1-3-12(14(18)19)16(2)13(17)11-8-9-6-4-5-7-10(9)15-11/h9-12,15H,3-8H2,1-2H3,(H,18,19). The molecule has 0 aromatic heterocycles. The first kappa shape index (κ1) is 14.3. The lowest BCUT2D eigenvalue weighted by Crippen LogP contribution is -2.50. The number of nitrogens with zero attached hydrogens (tertiary/aromatic N) is 1. The molecule has 5 nitrogen and oxygen atoms in total. The Morgan fingerprint density at radius 3 is 2.63 bits per heavy atom. The van der Waals surface area contributed by atoms with Gasteiger partial charge < -0.3 is 15.3 Å². The van der Waals surface area contributed by atoms with Crippen LogP contribution >= 0.6 is 0 Å². The lowest BCUT2D eigenvalue weighted by atomic mass is 9.85. The number of hydrogen-bond donors (Lipinski definition) is 2. The van der Waals surface area contributed by atoms with Gasteiger partial charge in [-0.3, -0.25) is 4.79 Å². The maximum atomic E-state index is 12.4. The molecule has 0 spiro atoms. The molecule has 0 radical (unpaired) electrons. The minimum Gasteiger partial charge on any atom is -0.480 e. The Morgan fingerprint density at radius 1 is 1.37 bits per heavy atom. The number of hydrogen-bond acceptors (Lipinski definition) is 3. The lowest BCUT2D eigenvalue weighted by molar-refractivity contribution is -0.149. The van der Waals surface area contributed by atoms with Crippen LogP contribution in [0.25, 0.3) is 0 Å². The quantitative estimate of drug-likeness (QED) is 0.804. The largest absolute Gasteiger partial charge is 0.480 e. The van der Waals surface area contributed by atoms with Gasteiger partial charge in [-0.2, -0.15) is 0 Å². The van der Waals surface area contributed by atoms with Crippen molar-refractivity contribution in [3.8, 4) is 0 Å². The van der Waals surface area contributed by atoms with Crippen LogP contribution in [-0.2, 0) is 9.59 Å². The molecule has 1 aliphatic carbocycles. The molecule has 2 aliphatic rings. The van der Waals surface area contributed by atoms with Gasteiger partial charge in [0, 0.05) is 13.1 Å². The molecule has 5 heteroatoms. The monoisotopic (exact) mass is 268 g/mol. The van der Waals surface area contributed by atoms with Crippen molar-refractivity contribution in [1.82, 2.24) is 10.2 Å². The molecule has 1 amide bonds. The van der Waals surface area contributed by atoms with Gasteiger partial charge in [-0.05, 0) is 31.6 Å². The van der Waals surface area contributed by atoms with E-state index in [-0.39, 0.29) is 11.9 Å². The molecule has 1 aliphatic heterocycles. The summed E-state index contributed by atoms with van der Waals surface area (Å²) in [6.07, 6.45) is 6.14. The molecule has 19 heavy (non-hydrogen) atoms. The fourth-order valence-corrected chi connectivity index (χ4v) is 3.52. The van der Waals surface area contributed by atoms with Gasteiger partial charge in [0.2, 0.25) is 5.91 Å². The van der Waals surface area contributed by atoms with E-state index in [9.17, 15) is 9.59 Å². The van der Waals surface area contributed by atoms with Gasteiger partial charge in [0.1, 0.15) is 6.04 Å². The Morgan fingerprint density at radius 2 is 2.05 bits per heavy atom. The average molecular weight is 268 g/mol. The second-order valence-electron chi connectivity index (χ2n) is 5.82. The van der Waals surface area contributed by atoms with Crippen molar-refractivity contribution in [2.75, 3.05) is 7.05 Å². The zero-order chi connectivity index (χ0) is 14.0. The summed E-state index contributed by atoms with van der Waals surface area (Å²) in [6.45, 7) is 1.80. The molecule has 4 atom stereocenters. The second-order valence-corrected chi connectivity index (χ2v) is 5.82. The summed E-state index contributed by atoms with van der Waals surface area (Å²) in [6, 6.07) is -0.440. The minimum absolute atomic E-state index is 0.0661. The first-order valence-corrected chi connectivity index (χ1v) is 7.30. The zero-order valence-corrected chi connectivity index (χ0v) is 11.8. The topological polar surface area (TPSA) is 69.6 Å². The molecule has 1 saturated carbocycles. The van der Waals surface area contributed by atoms with E-state index in [2.05, 4.69) is 5.32 Å². The first-order chi connectivity index (χ1) is 9.04. The van der Waals surface area contributed by atoms with Crippen molar-refractivity contribution >= 4 is 11.9 Å². The van der Waals surface area contributed by atoms with E-state index in [4.69, 9.17) is 5.11 Å². The van der Waals surface area contributed by atoms with Crippen LogP contribution < -0.4 is 5.32 Å². The number of nitrogens with one attached hydrogen (secondary N) is 1. The molecule has 108 valence electrons. The number of carbonyl (C=O) groups is 2. The van der Waals surface area contributed by atoms with Crippen molar-refractivity contribution in [2.45, 2.75) is 63.6 Å². The summed E-state index contributed by atoms with van der Waals surface area (Å²) in [5, 5.41) is 12.5. The predicted molar refractivity (Wildman–Crippen MR) is 71.8 cm³/mol. The fourth-order valence-electron chi connectivity index (χ4n) is 3.52. The number of carboxylic acids is 1. The van der Waals surface area contributed by atoms with E-state index >= 15 is 0 Å². The number of rotatable bonds is 4. The molecular formula is C14H24N2O3. The number of amides is 1. The molecule has 2 fully saturated rings. The summed E-state index contributed by atoms with van der Waals surface area (Å²) in [5.41, 5.74) is 0. The Bertz CT molecular complexity index is 345. The lowest BCUT2D eigenvalue weighted by Gasteiger charge is -2.27. The third-order valence-corrected chi connectivity index (χ3v) is 4.65. The van der Waals surface area contributed by atoms with Crippen LogP contribution in [0.4, 0.5) is 0 Å². The van der Waals surface area contributed by atoms with E-state index in [1.165, 1.54) is 24.2 Å². The fraction of sp³-hybridized carbons (Fsp3) is 0.857. The van der Waals surface area contributed by atoms with Crippen LogP contribution in [0.15, 0.2) is 0 Å². The number of aliphatic carboxylic acids is 1. The highest BCUT2D eigenvalue weighted by Gasteiger charge is 2.40. The van der Waals surface area contributed by atoms with E-state index < -0.39 is 12.0 Å². The maximum Gasteiger partial charge on any atom is 0.326 e. The van der Waals surface area contributed by atoms with Crippen molar-refractivity contribution in [3.63, 3.8) is 0 Å². The third-order valence-electron chi connectivity index (χ3n) is 4.65. The Hall–Kier alpha value is -1.10. The van der Waals surface area contributed by atoms with Gasteiger partial charge in [-0.15, -0.1) is 0 Å². The van der Waals surface area contributed by atoms with Crippen LogP contribution in [0.5, 0.6) is 0 Å². The van der Waals surface area contributed by atoms with E-state index in [0.717, 1.165) is 12.8 Å². The number of fused-ring (bicyclic) bond motifs is 1. The molecule has 0 aromatic carbocycles. The SMILES string of the molecule is CCC(C(=O)O)N(C)C(=O)C1CC2CCCCC2N1. The van der Waals surface area contributed by atoms with Gasteiger partial charge in [0.25, 0.3) is 0 Å². The average Bonchev–Trinajstić information content (AvgIpc) is 2.81.